The van der Waals surface area contributed by atoms with Crippen molar-refractivity contribution in [1.29, 1.82) is 0 Å². The number of benzene rings is 1. The summed E-state index contributed by atoms with van der Waals surface area (Å²) >= 11 is 0. The number of nitrogens with one attached hydrogen (secondary N) is 1. The molecule has 0 bridgehead atoms. The van der Waals surface area contributed by atoms with Gasteiger partial charge in [0.25, 0.3) is 0 Å². The van der Waals surface area contributed by atoms with E-state index in [0.29, 0.717) is 11.3 Å². The highest BCUT2D eigenvalue weighted by atomic mass is 32.2. The molecule has 0 aliphatic carbocycles. The number of nitrogens with two attached hydrogens (primary N) is 1. The van der Waals surface area contributed by atoms with Crippen LogP contribution in [0.2, 0.25) is 0 Å². The molecule has 1 aliphatic heterocycles. The fraction of sp³-hybridized carbons (Fsp3) is 0.526. The summed E-state index contributed by atoms with van der Waals surface area (Å²) in [5.41, 5.74) is 5.98. The van der Waals surface area contributed by atoms with Gasteiger partial charge >= 0.3 is 5.97 Å². The normalized spacial score (nSPS) is 17.3. The van der Waals surface area contributed by atoms with E-state index in [1.165, 1.54) is 17.0 Å². The van der Waals surface area contributed by atoms with Gasteiger partial charge < -0.3 is 20.7 Å². The quantitative estimate of drug-likeness (QED) is 0.658. The van der Waals surface area contributed by atoms with Crippen molar-refractivity contribution in [2.45, 2.75) is 38.8 Å². The van der Waals surface area contributed by atoms with Crippen LogP contribution in [-0.4, -0.2) is 67.3 Å². The van der Waals surface area contributed by atoms with E-state index in [4.69, 9.17) is 10.5 Å². The van der Waals surface area contributed by atoms with Gasteiger partial charge in [-0.05, 0) is 45.0 Å². The van der Waals surface area contributed by atoms with Crippen LogP contribution >= 0.6 is 0 Å². The van der Waals surface area contributed by atoms with Gasteiger partial charge in [0.2, 0.25) is 11.8 Å². The molecule has 29 heavy (non-hydrogen) atoms. The standard InChI is InChI=1S/C19H27N3O6S/c1-19(2,3)28-18(25)13-4-6-14(7-5-13)21-17(24)15(20)12-16(23)22-8-10-29(26,27)11-9-22/h4-7,15H,8-12,20H2,1-3H3,(H,21,24)/t15-/m0/s1. The highest BCUT2D eigenvalue weighted by molar-refractivity contribution is 7.91. The Labute approximate surface area is 170 Å². The van der Waals surface area contributed by atoms with Crippen LogP contribution in [0.5, 0.6) is 0 Å². The van der Waals surface area contributed by atoms with E-state index in [1.807, 2.05) is 0 Å². The minimum absolute atomic E-state index is 0.0792. The van der Waals surface area contributed by atoms with E-state index < -0.39 is 33.4 Å². The fourth-order valence-corrected chi connectivity index (χ4v) is 3.83. The Kier molecular flexibility index (Phi) is 7.02. The first-order chi connectivity index (χ1) is 13.4. The van der Waals surface area contributed by atoms with Crippen molar-refractivity contribution in [2.75, 3.05) is 29.9 Å². The molecule has 0 unspecified atom stereocenters. The van der Waals surface area contributed by atoms with Crippen molar-refractivity contribution < 1.29 is 27.5 Å². The fourth-order valence-electron chi connectivity index (χ4n) is 2.63. The van der Waals surface area contributed by atoms with Gasteiger partial charge in [0, 0.05) is 18.8 Å². The molecule has 0 radical (unpaired) electrons. The molecule has 10 heteroatoms. The van der Waals surface area contributed by atoms with Crippen LogP contribution in [0.15, 0.2) is 24.3 Å². The van der Waals surface area contributed by atoms with Crippen molar-refractivity contribution in [3.05, 3.63) is 29.8 Å². The Bertz CT molecular complexity index is 860. The van der Waals surface area contributed by atoms with Crippen molar-refractivity contribution in [1.82, 2.24) is 4.90 Å². The van der Waals surface area contributed by atoms with Crippen molar-refractivity contribution >= 4 is 33.3 Å². The summed E-state index contributed by atoms with van der Waals surface area (Å²) < 4.78 is 28.1. The number of carbonyl (C=O) groups is 3. The second kappa shape index (κ2) is 8.91. The zero-order valence-electron chi connectivity index (χ0n) is 16.8. The molecule has 1 aliphatic rings. The summed E-state index contributed by atoms with van der Waals surface area (Å²) in [6.07, 6.45) is -0.220. The molecule has 1 atom stereocenters. The number of ether oxygens (including phenoxy) is 1. The molecule has 1 saturated heterocycles. The van der Waals surface area contributed by atoms with Gasteiger partial charge in [-0.3, -0.25) is 9.59 Å². The first-order valence-corrected chi connectivity index (χ1v) is 11.1. The van der Waals surface area contributed by atoms with Gasteiger partial charge in [-0.15, -0.1) is 0 Å². The molecular formula is C19H27N3O6S. The summed E-state index contributed by atoms with van der Waals surface area (Å²) in [5.74, 6) is -1.54. The third-order valence-electron chi connectivity index (χ3n) is 4.22. The van der Waals surface area contributed by atoms with Crippen LogP contribution in [0, 0.1) is 0 Å². The van der Waals surface area contributed by atoms with E-state index >= 15 is 0 Å². The van der Waals surface area contributed by atoms with E-state index in [9.17, 15) is 22.8 Å². The molecule has 2 rings (SSSR count). The monoisotopic (exact) mass is 425 g/mol. The van der Waals surface area contributed by atoms with Gasteiger partial charge in [-0.1, -0.05) is 0 Å². The largest absolute Gasteiger partial charge is 0.456 e. The maximum Gasteiger partial charge on any atom is 0.338 e. The minimum atomic E-state index is -3.09. The van der Waals surface area contributed by atoms with Gasteiger partial charge in [0.05, 0.1) is 29.5 Å². The maximum absolute atomic E-state index is 12.2. The van der Waals surface area contributed by atoms with Gasteiger partial charge in [-0.2, -0.15) is 0 Å². The molecule has 0 aromatic heterocycles. The Morgan fingerprint density at radius 2 is 1.69 bits per heavy atom. The highest BCUT2D eigenvalue weighted by Gasteiger charge is 2.27. The first-order valence-electron chi connectivity index (χ1n) is 9.24. The number of sulfone groups is 1. The van der Waals surface area contributed by atoms with Crippen LogP contribution in [0.3, 0.4) is 0 Å². The summed E-state index contributed by atoms with van der Waals surface area (Å²) in [6, 6.07) is 5.05. The third kappa shape index (κ3) is 7.13. The van der Waals surface area contributed by atoms with E-state index in [1.54, 1.807) is 32.9 Å². The van der Waals surface area contributed by atoms with Crippen molar-refractivity contribution in [2.24, 2.45) is 5.73 Å². The van der Waals surface area contributed by atoms with Crippen LogP contribution in [0.1, 0.15) is 37.6 Å². The number of nitrogens with zero attached hydrogens (tertiary/aromatic N) is 1. The highest BCUT2D eigenvalue weighted by Crippen LogP contribution is 2.15. The van der Waals surface area contributed by atoms with Crippen LogP contribution in [0.4, 0.5) is 5.69 Å². The SMILES string of the molecule is CC(C)(C)OC(=O)c1ccc(NC(=O)[C@@H](N)CC(=O)N2CCS(=O)(=O)CC2)cc1. The van der Waals surface area contributed by atoms with E-state index in [0.717, 1.165) is 0 Å². The van der Waals surface area contributed by atoms with Crippen molar-refractivity contribution in [3.8, 4) is 0 Å². The minimum Gasteiger partial charge on any atom is -0.456 e. The molecule has 2 amide bonds. The second-order valence-corrected chi connectivity index (χ2v) is 10.2. The average Bonchev–Trinajstić information content (AvgIpc) is 2.60. The number of rotatable bonds is 5. The van der Waals surface area contributed by atoms with Crippen LogP contribution < -0.4 is 11.1 Å². The van der Waals surface area contributed by atoms with E-state index in [-0.39, 0.29) is 36.9 Å². The number of carbonyl (C=O) groups excluding carboxylic acids is 3. The Hall–Kier alpha value is -2.46. The zero-order chi connectivity index (χ0) is 21.8. The molecule has 160 valence electrons. The second-order valence-electron chi connectivity index (χ2n) is 7.91. The van der Waals surface area contributed by atoms with Gasteiger partial charge in [0.1, 0.15) is 5.60 Å². The smallest absolute Gasteiger partial charge is 0.338 e. The molecule has 3 N–H and O–H groups in total. The number of esters is 1. The molecule has 1 fully saturated rings. The average molecular weight is 426 g/mol. The van der Waals surface area contributed by atoms with Gasteiger partial charge in [0.15, 0.2) is 9.84 Å². The lowest BCUT2D eigenvalue weighted by Crippen LogP contribution is -2.47. The lowest BCUT2D eigenvalue weighted by Gasteiger charge is -2.27. The summed E-state index contributed by atoms with van der Waals surface area (Å²) in [5, 5.41) is 2.59. The first kappa shape index (κ1) is 22.8. The van der Waals surface area contributed by atoms with Gasteiger partial charge in [-0.25, -0.2) is 13.2 Å². The Morgan fingerprint density at radius 3 is 2.21 bits per heavy atom. The number of hydrogen-bond acceptors (Lipinski definition) is 7. The predicted molar refractivity (Wildman–Crippen MR) is 108 cm³/mol. The molecule has 1 aromatic rings. The van der Waals surface area contributed by atoms with Crippen LogP contribution in [-0.2, 0) is 24.2 Å². The molecule has 1 heterocycles. The van der Waals surface area contributed by atoms with Crippen molar-refractivity contribution in [3.63, 3.8) is 0 Å². The topological polar surface area (TPSA) is 136 Å². The molecule has 0 saturated carbocycles. The maximum atomic E-state index is 12.2. The molecular weight excluding hydrogens is 398 g/mol. The Balaban J connectivity index is 1.87. The summed E-state index contributed by atoms with van der Waals surface area (Å²) in [6.45, 7) is 5.53. The number of hydrogen-bond donors (Lipinski definition) is 2. The van der Waals surface area contributed by atoms with Crippen LogP contribution in [0.25, 0.3) is 0 Å². The summed E-state index contributed by atoms with van der Waals surface area (Å²) in [4.78, 5) is 37.9. The number of amides is 2. The molecule has 1 aromatic carbocycles. The zero-order valence-corrected chi connectivity index (χ0v) is 17.6. The lowest BCUT2D eigenvalue weighted by molar-refractivity contribution is -0.133. The Morgan fingerprint density at radius 1 is 1.14 bits per heavy atom. The lowest BCUT2D eigenvalue weighted by atomic mass is 10.1. The molecule has 0 spiro atoms. The van der Waals surface area contributed by atoms with E-state index in [2.05, 4.69) is 5.32 Å². The predicted octanol–water partition coefficient (Wildman–Crippen LogP) is 0.555. The summed E-state index contributed by atoms with van der Waals surface area (Å²) in [7, 11) is -3.09. The molecule has 9 nitrogen and oxygen atoms in total. The number of anilines is 1. The third-order valence-corrected chi connectivity index (χ3v) is 5.82.